The minimum atomic E-state index is -0.227. The van der Waals surface area contributed by atoms with Gasteiger partial charge in [-0.2, -0.15) is 0 Å². The third-order valence-electron chi connectivity index (χ3n) is 5.07. The number of fused-ring (bicyclic) bond motifs is 5. The second-order valence-electron chi connectivity index (χ2n) is 6.78. The second kappa shape index (κ2) is 5.63. The Labute approximate surface area is 150 Å². The molecule has 0 unspecified atom stereocenters. The molecule has 0 bridgehead atoms. The maximum atomic E-state index is 13.7. The van der Waals surface area contributed by atoms with Crippen molar-refractivity contribution in [1.82, 2.24) is 0 Å². The maximum Gasteiger partial charge on any atom is 0.218 e. The summed E-state index contributed by atoms with van der Waals surface area (Å²) in [5.74, 6) is -0.227. The summed E-state index contributed by atoms with van der Waals surface area (Å²) in [5.41, 5.74) is 3.06. The van der Waals surface area contributed by atoms with Crippen LogP contribution in [0.5, 0.6) is 0 Å². The molecular formula is C24H17FN+. The summed E-state index contributed by atoms with van der Waals surface area (Å²) >= 11 is 0. The van der Waals surface area contributed by atoms with E-state index in [0.29, 0.717) is 0 Å². The topological polar surface area (TPSA) is 14.1 Å². The Balaban J connectivity index is 1.87. The lowest BCUT2D eigenvalue weighted by molar-refractivity contribution is -0.362. The van der Waals surface area contributed by atoms with Crippen LogP contribution in [0.25, 0.3) is 43.6 Å². The molecule has 1 nitrogen and oxygen atoms in total. The average molecular weight is 338 g/mol. The molecule has 0 aliphatic rings. The van der Waals surface area contributed by atoms with E-state index >= 15 is 0 Å². The van der Waals surface area contributed by atoms with E-state index in [2.05, 4.69) is 60.4 Å². The smallest absolute Gasteiger partial charge is 0.211 e. The molecule has 1 heterocycles. The lowest BCUT2D eigenvalue weighted by Gasteiger charge is -2.09. The number of hydrogen-bond donors (Lipinski definition) is 0. The molecule has 5 rings (SSSR count). The number of halogens is 1. The van der Waals surface area contributed by atoms with Crippen LogP contribution in [-0.4, -0.2) is 0 Å². The molecule has 124 valence electrons. The number of aromatic amines is 1. The number of rotatable bonds is 1. The summed E-state index contributed by atoms with van der Waals surface area (Å²) in [4.78, 5) is 3.30. The number of pyridine rings is 1. The molecule has 0 fully saturated rings. The van der Waals surface area contributed by atoms with Crippen molar-refractivity contribution in [3.05, 3.63) is 90.4 Å². The van der Waals surface area contributed by atoms with E-state index in [-0.39, 0.29) is 5.82 Å². The van der Waals surface area contributed by atoms with E-state index in [1.165, 1.54) is 38.6 Å². The second-order valence-corrected chi connectivity index (χ2v) is 6.78. The number of aromatic nitrogens is 1. The van der Waals surface area contributed by atoms with Crippen LogP contribution in [0.2, 0.25) is 0 Å². The van der Waals surface area contributed by atoms with Crippen LogP contribution in [0.1, 0.15) is 5.56 Å². The third-order valence-corrected chi connectivity index (χ3v) is 5.07. The summed E-state index contributed by atoms with van der Waals surface area (Å²) in [6.45, 7) is 2.12. The Morgan fingerprint density at radius 3 is 2.31 bits per heavy atom. The predicted molar refractivity (Wildman–Crippen MR) is 106 cm³/mol. The first-order valence-corrected chi connectivity index (χ1v) is 8.73. The maximum absolute atomic E-state index is 13.7. The van der Waals surface area contributed by atoms with Gasteiger partial charge in [0.25, 0.3) is 0 Å². The van der Waals surface area contributed by atoms with Gasteiger partial charge in [-0.05, 0) is 52.7 Å². The minimum absolute atomic E-state index is 0.227. The fraction of sp³-hybridized carbons (Fsp3) is 0.0417. The number of nitrogens with one attached hydrogen (secondary N) is 1. The molecule has 2 heteroatoms. The summed E-state index contributed by atoms with van der Waals surface area (Å²) in [6.07, 6.45) is 1.93. The van der Waals surface area contributed by atoms with Crippen molar-refractivity contribution in [2.45, 2.75) is 6.92 Å². The van der Waals surface area contributed by atoms with E-state index in [4.69, 9.17) is 0 Å². The van der Waals surface area contributed by atoms with Gasteiger partial charge in [0.2, 0.25) is 5.69 Å². The summed E-state index contributed by atoms with van der Waals surface area (Å²) < 4.78 is 13.7. The summed E-state index contributed by atoms with van der Waals surface area (Å²) in [5, 5.41) is 7.23. The van der Waals surface area contributed by atoms with E-state index in [9.17, 15) is 4.39 Å². The SMILES string of the molecule is Cc1ccc2c(ccc3c4cc[nH+]c(-c5cccc(F)c5)c4ccc23)c1. The van der Waals surface area contributed by atoms with Gasteiger partial charge < -0.3 is 0 Å². The zero-order valence-corrected chi connectivity index (χ0v) is 14.4. The standard InChI is InChI=1S/C24H16FN/c1-15-5-7-19-16(13-15)6-8-21-20(19)9-10-23-22(21)11-12-26-24(23)17-3-2-4-18(25)14-17/h2-14H,1H3/p+1. The molecular weight excluding hydrogens is 321 g/mol. The van der Waals surface area contributed by atoms with Gasteiger partial charge in [0.15, 0.2) is 6.20 Å². The van der Waals surface area contributed by atoms with Crippen LogP contribution in [0.15, 0.2) is 79.0 Å². The van der Waals surface area contributed by atoms with Gasteiger partial charge >= 0.3 is 0 Å². The van der Waals surface area contributed by atoms with Gasteiger partial charge in [-0.3, -0.25) is 0 Å². The first-order valence-electron chi connectivity index (χ1n) is 8.73. The molecule has 0 radical (unpaired) electrons. The largest absolute Gasteiger partial charge is 0.218 e. The molecule has 0 spiro atoms. The highest BCUT2D eigenvalue weighted by Gasteiger charge is 2.14. The lowest BCUT2D eigenvalue weighted by Crippen LogP contribution is -2.06. The highest BCUT2D eigenvalue weighted by molar-refractivity contribution is 6.18. The molecule has 5 aromatic rings. The fourth-order valence-corrected chi connectivity index (χ4v) is 3.86. The summed E-state index contributed by atoms with van der Waals surface area (Å²) in [6, 6.07) is 24.1. The zero-order valence-electron chi connectivity index (χ0n) is 14.4. The molecule has 1 aromatic heterocycles. The molecule has 0 saturated heterocycles. The van der Waals surface area contributed by atoms with Crippen LogP contribution in [-0.2, 0) is 0 Å². The van der Waals surface area contributed by atoms with Crippen molar-refractivity contribution >= 4 is 32.3 Å². The van der Waals surface area contributed by atoms with E-state index in [1.807, 2.05) is 12.3 Å². The van der Waals surface area contributed by atoms with Crippen LogP contribution in [0.4, 0.5) is 4.39 Å². The monoisotopic (exact) mass is 338 g/mol. The molecule has 0 aliphatic carbocycles. The van der Waals surface area contributed by atoms with Crippen LogP contribution in [0, 0.1) is 12.7 Å². The third kappa shape index (κ3) is 2.26. The van der Waals surface area contributed by atoms with Crippen LogP contribution < -0.4 is 4.98 Å². The number of benzene rings is 4. The molecule has 0 atom stereocenters. The number of aryl methyl sites for hydroxylation is 1. The molecule has 0 saturated carbocycles. The van der Waals surface area contributed by atoms with Crippen molar-refractivity contribution < 1.29 is 9.37 Å². The summed E-state index contributed by atoms with van der Waals surface area (Å²) in [7, 11) is 0. The van der Waals surface area contributed by atoms with Crippen LogP contribution >= 0.6 is 0 Å². The van der Waals surface area contributed by atoms with Crippen molar-refractivity contribution in [3.63, 3.8) is 0 Å². The first-order chi connectivity index (χ1) is 12.7. The predicted octanol–water partition coefficient (Wildman–Crippen LogP) is 6.07. The number of H-pyrrole nitrogens is 1. The van der Waals surface area contributed by atoms with E-state index in [1.54, 1.807) is 12.1 Å². The molecule has 1 N–H and O–H groups in total. The van der Waals surface area contributed by atoms with Crippen molar-refractivity contribution in [1.29, 1.82) is 0 Å². The van der Waals surface area contributed by atoms with Gasteiger partial charge in [0.05, 0.1) is 5.39 Å². The molecule has 26 heavy (non-hydrogen) atoms. The quantitative estimate of drug-likeness (QED) is 0.329. The Morgan fingerprint density at radius 1 is 0.692 bits per heavy atom. The Hall–Kier alpha value is -3.26. The van der Waals surface area contributed by atoms with E-state index < -0.39 is 0 Å². The van der Waals surface area contributed by atoms with Gasteiger partial charge in [-0.25, -0.2) is 9.37 Å². The normalized spacial score (nSPS) is 11.5. The Kier molecular flexibility index (Phi) is 3.26. The molecule has 4 aromatic carbocycles. The molecule has 0 aliphatic heterocycles. The average Bonchev–Trinajstić information content (AvgIpc) is 2.66. The van der Waals surface area contributed by atoms with Gasteiger partial charge in [-0.15, -0.1) is 0 Å². The Morgan fingerprint density at radius 2 is 1.42 bits per heavy atom. The molecule has 0 amide bonds. The first kappa shape index (κ1) is 15.0. The Bertz CT molecular complexity index is 1300. The minimum Gasteiger partial charge on any atom is -0.211 e. The van der Waals surface area contributed by atoms with Gasteiger partial charge in [0, 0.05) is 17.0 Å². The van der Waals surface area contributed by atoms with Crippen LogP contribution in [0.3, 0.4) is 0 Å². The highest BCUT2D eigenvalue weighted by atomic mass is 19.1. The van der Waals surface area contributed by atoms with E-state index in [0.717, 1.165) is 16.6 Å². The van der Waals surface area contributed by atoms with Crippen molar-refractivity contribution in [3.8, 4) is 11.3 Å². The van der Waals surface area contributed by atoms with Crippen molar-refractivity contribution in [2.75, 3.05) is 0 Å². The van der Waals surface area contributed by atoms with Gasteiger partial charge in [-0.1, -0.05) is 48.0 Å². The lowest BCUT2D eigenvalue weighted by atomic mass is 9.95. The highest BCUT2D eigenvalue weighted by Crippen LogP contribution is 2.34. The zero-order chi connectivity index (χ0) is 17.7. The fourth-order valence-electron chi connectivity index (χ4n) is 3.86. The van der Waals surface area contributed by atoms with Crippen molar-refractivity contribution in [2.24, 2.45) is 0 Å². The number of hydrogen-bond acceptors (Lipinski definition) is 0. The van der Waals surface area contributed by atoms with Gasteiger partial charge in [0.1, 0.15) is 5.82 Å².